The van der Waals surface area contributed by atoms with Crippen molar-refractivity contribution in [3.8, 4) is 11.4 Å². The third-order valence-electron chi connectivity index (χ3n) is 5.92. The van der Waals surface area contributed by atoms with Crippen molar-refractivity contribution in [2.75, 3.05) is 0 Å². The van der Waals surface area contributed by atoms with E-state index in [4.69, 9.17) is 9.72 Å². The highest BCUT2D eigenvalue weighted by Gasteiger charge is 2.15. The number of benzene rings is 2. The fourth-order valence-electron chi connectivity index (χ4n) is 3.75. The Morgan fingerprint density at radius 3 is 2.53 bits per heavy atom. The smallest absolute Gasteiger partial charge is 0.189 e. The monoisotopic (exact) mass is 426 g/mol. The van der Waals surface area contributed by atoms with Crippen LogP contribution < -0.4 is 4.74 Å². The molecule has 0 aliphatic rings. The predicted octanol–water partition coefficient (Wildman–Crippen LogP) is 5.09. The largest absolute Gasteiger partial charge is 0.485 e. The lowest BCUT2D eigenvalue weighted by Gasteiger charge is -2.11. The average molecular weight is 427 g/mol. The molecule has 3 heterocycles. The van der Waals surface area contributed by atoms with E-state index in [0.29, 0.717) is 11.7 Å². The second kappa shape index (κ2) is 7.75. The van der Waals surface area contributed by atoms with Gasteiger partial charge < -0.3 is 4.74 Å². The molecule has 7 nitrogen and oxygen atoms in total. The van der Waals surface area contributed by atoms with Crippen molar-refractivity contribution in [3.05, 3.63) is 77.0 Å². The molecule has 3 aromatic heterocycles. The van der Waals surface area contributed by atoms with Crippen molar-refractivity contribution in [1.29, 1.82) is 0 Å². The Hall–Kier alpha value is -3.74. The van der Waals surface area contributed by atoms with Gasteiger partial charge in [-0.2, -0.15) is 5.10 Å². The zero-order chi connectivity index (χ0) is 22.4. The predicted molar refractivity (Wildman–Crippen MR) is 124 cm³/mol. The van der Waals surface area contributed by atoms with Crippen LogP contribution in [0.15, 0.2) is 48.9 Å². The van der Waals surface area contributed by atoms with Crippen molar-refractivity contribution in [2.24, 2.45) is 0 Å². The maximum Gasteiger partial charge on any atom is 0.189 e. The summed E-state index contributed by atoms with van der Waals surface area (Å²) >= 11 is 0. The van der Waals surface area contributed by atoms with Gasteiger partial charge in [-0.3, -0.25) is 0 Å². The Morgan fingerprint density at radius 2 is 1.75 bits per heavy atom. The van der Waals surface area contributed by atoms with Crippen LogP contribution in [0.1, 0.15) is 47.8 Å². The molecule has 162 valence electrons. The minimum absolute atomic E-state index is 0.289. The number of hydrogen-bond donors (Lipinski definition) is 0. The minimum atomic E-state index is 0.289. The zero-order valence-electron chi connectivity index (χ0n) is 19.0. The molecule has 0 bridgehead atoms. The molecule has 0 saturated heterocycles. The van der Waals surface area contributed by atoms with Gasteiger partial charge in [-0.25, -0.2) is 19.2 Å². The van der Waals surface area contributed by atoms with E-state index < -0.39 is 0 Å². The molecule has 0 aliphatic heterocycles. The van der Waals surface area contributed by atoms with E-state index >= 15 is 0 Å². The SMILES string of the molecule is Cc1ccc(-n2ncc3c2ncn2nc(COc4cc(C(C)C)ccc4C)nc32)cc1C. The van der Waals surface area contributed by atoms with Gasteiger partial charge >= 0.3 is 0 Å². The van der Waals surface area contributed by atoms with E-state index in [1.165, 1.54) is 16.7 Å². The van der Waals surface area contributed by atoms with Crippen LogP contribution >= 0.6 is 0 Å². The van der Waals surface area contributed by atoms with Gasteiger partial charge in [0.25, 0.3) is 0 Å². The Balaban J connectivity index is 1.47. The van der Waals surface area contributed by atoms with Gasteiger partial charge in [-0.15, -0.1) is 5.10 Å². The summed E-state index contributed by atoms with van der Waals surface area (Å²) in [6.07, 6.45) is 3.47. The standard InChI is InChI=1S/C25H26N6O/c1-15(2)19-8-6-17(4)22(11-19)32-13-23-28-25-21-12-27-31(24(21)26-14-30(25)29-23)20-9-7-16(3)18(5)10-20/h6-12,14-15H,13H2,1-5H3. The fourth-order valence-corrected chi connectivity index (χ4v) is 3.75. The van der Waals surface area contributed by atoms with E-state index in [0.717, 1.165) is 33.7 Å². The fraction of sp³-hybridized carbons (Fsp3) is 0.280. The van der Waals surface area contributed by atoms with E-state index in [-0.39, 0.29) is 6.61 Å². The van der Waals surface area contributed by atoms with Crippen LogP contribution in [0.4, 0.5) is 0 Å². The number of fused-ring (bicyclic) bond motifs is 3. The Bertz CT molecular complexity index is 1450. The van der Waals surface area contributed by atoms with Crippen molar-refractivity contribution in [3.63, 3.8) is 0 Å². The lowest BCUT2D eigenvalue weighted by atomic mass is 10.0. The lowest BCUT2D eigenvalue weighted by molar-refractivity contribution is 0.293. The molecule has 5 aromatic rings. The number of hydrogen-bond acceptors (Lipinski definition) is 5. The number of ether oxygens (including phenoxy) is 1. The van der Waals surface area contributed by atoms with Gasteiger partial charge in [-0.05, 0) is 67.1 Å². The van der Waals surface area contributed by atoms with E-state index in [2.05, 4.69) is 79.3 Å². The third-order valence-corrected chi connectivity index (χ3v) is 5.92. The number of aryl methyl sites for hydroxylation is 3. The van der Waals surface area contributed by atoms with Gasteiger partial charge in [0.1, 0.15) is 18.7 Å². The van der Waals surface area contributed by atoms with Gasteiger partial charge in [0.15, 0.2) is 17.1 Å². The second-order valence-corrected chi connectivity index (χ2v) is 8.57. The topological polar surface area (TPSA) is 70.1 Å². The quantitative estimate of drug-likeness (QED) is 0.391. The normalized spacial score (nSPS) is 11.7. The summed E-state index contributed by atoms with van der Waals surface area (Å²) in [5, 5.41) is 9.97. The molecule has 0 saturated carbocycles. The molecule has 32 heavy (non-hydrogen) atoms. The first-order valence-corrected chi connectivity index (χ1v) is 10.8. The summed E-state index contributed by atoms with van der Waals surface area (Å²) in [6, 6.07) is 12.6. The zero-order valence-corrected chi connectivity index (χ0v) is 19.0. The van der Waals surface area contributed by atoms with Gasteiger partial charge in [0, 0.05) is 0 Å². The first kappa shape index (κ1) is 20.2. The highest BCUT2D eigenvalue weighted by Crippen LogP contribution is 2.25. The molecule has 0 atom stereocenters. The van der Waals surface area contributed by atoms with Crippen molar-refractivity contribution < 1.29 is 4.74 Å². The highest BCUT2D eigenvalue weighted by atomic mass is 16.5. The summed E-state index contributed by atoms with van der Waals surface area (Å²) in [4.78, 5) is 9.31. The number of aromatic nitrogens is 6. The summed E-state index contributed by atoms with van der Waals surface area (Å²) in [7, 11) is 0. The van der Waals surface area contributed by atoms with Crippen LogP contribution in [0, 0.1) is 20.8 Å². The van der Waals surface area contributed by atoms with Crippen LogP contribution in [0.25, 0.3) is 22.4 Å². The van der Waals surface area contributed by atoms with Gasteiger partial charge in [0.05, 0.1) is 17.3 Å². The molecule has 0 N–H and O–H groups in total. The van der Waals surface area contributed by atoms with Crippen LogP contribution in [0.5, 0.6) is 5.75 Å². The third kappa shape index (κ3) is 3.49. The molecule has 0 spiro atoms. The Labute approximate surface area is 186 Å². The van der Waals surface area contributed by atoms with Crippen LogP contribution in [0.3, 0.4) is 0 Å². The molecule has 0 amide bonds. The molecule has 2 aromatic carbocycles. The van der Waals surface area contributed by atoms with Crippen molar-refractivity contribution in [2.45, 2.75) is 47.1 Å². The Morgan fingerprint density at radius 1 is 0.938 bits per heavy atom. The van der Waals surface area contributed by atoms with Gasteiger partial charge in [-0.1, -0.05) is 32.0 Å². The van der Waals surface area contributed by atoms with Gasteiger partial charge in [0.2, 0.25) is 0 Å². The summed E-state index contributed by atoms with van der Waals surface area (Å²) in [5.74, 6) is 1.91. The lowest BCUT2D eigenvalue weighted by Crippen LogP contribution is -2.01. The minimum Gasteiger partial charge on any atom is -0.485 e. The maximum absolute atomic E-state index is 6.07. The molecule has 0 radical (unpaired) electrons. The number of rotatable bonds is 5. The Kier molecular flexibility index (Phi) is 4.89. The number of nitrogens with zero attached hydrogens (tertiary/aromatic N) is 6. The molecular weight excluding hydrogens is 400 g/mol. The molecule has 7 heteroatoms. The molecule has 5 rings (SSSR count). The van der Waals surface area contributed by atoms with E-state index in [1.807, 2.05) is 11.6 Å². The van der Waals surface area contributed by atoms with Crippen LogP contribution in [-0.2, 0) is 6.61 Å². The molecule has 0 fully saturated rings. The van der Waals surface area contributed by atoms with Crippen molar-refractivity contribution >= 4 is 16.7 Å². The second-order valence-electron chi connectivity index (χ2n) is 8.57. The van der Waals surface area contributed by atoms with Crippen molar-refractivity contribution in [1.82, 2.24) is 29.4 Å². The summed E-state index contributed by atoms with van der Waals surface area (Å²) < 4.78 is 9.60. The summed E-state index contributed by atoms with van der Waals surface area (Å²) in [6.45, 7) is 10.9. The molecule has 0 unspecified atom stereocenters. The van der Waals surface area contributed by atoms with E-state index in [9.17, 15) is 0 Å². The van der Waals surface area contributed by atoms with Crippen LogP contribution in [-0.4, -0.2) is 29.4 Å². The first-order chi connectivity index (χ1) is 15.4. The van der Waals surface area contributed by atoms with Crippen LogP contribution in [0.2, 0.25) is 0 Å². The first-order valence-electron chi connectivity index (χ1n) is 10.8. The highest BCUT2D eigenvalue weighted by molar-refractivity contribution is 5.89. The molecular formula is C25H26N6O. The van der Waals surface area contributed by atoms with E-state index in [1.54, 1.807) is 17.0 Å². The average Bonchev–Trinajstić information content (AvgIpc) is 3.38. The summed E-state index contributed by atoms with van der Waals surface area (Å²) in [5.41, 5.74) is 7.25. The maximum atomic E-state index is 6.07. The molecule has 0 aliphatic carbocycles.